The normalized spacial score (nSPS) is 26.4. The van der Waals surface area contributed by atoms with Crippen LogP contribution in [-0.2, 0) is 19.7 Å². The monoisotopic (exact) mass is 425 g/mol. The molecule has 0 bridgehead atoms. The van der Waals surface area contributed by atoms with Crippen LogP contribution >= 0.6 is 0 Å². The van der Waals surface area contributed by atoms with Crippen molar-refractivity contribution in [1.82, 2.24) is 0 Å². The lowest BCUT2D eigenvalue weighted by atomic mass is 9.81. The number of nitrogens with zero attached hydrogens (tertiary/aromatic N) is 1. The van der Waals surface area contributed by atoms with E-state index in [9.17, 15) is 19.6 Å². The van der Waals surface area contributed by atoms with Crippen molar-refractivity contribution in [2.45, 2.75) is 81.7 Å². The van der Waals surface area contributed by atoms with Gasteiger partial charge in [-0.15, -0.1) is 0 Å². The molecule has 3 fully saturated rings. The molecule has 1 aliphatic heterocycles. The van der Waals surface area contributed by atoms with Gasteiger partial charge in [-0.1, -0.05) is 30.7 Å². The second-order valence-corrected chi connectivity index (χ2v) is 9.51. The van der Waals surface area contributed by atoms with E-state index >= 15 is 0 Å². The predicted molar refractivity (Wildman–Crippen MR) is 111 cm³/mol. The summed E-state index contributed by atoms with van der Waals surface area (Å²) >= 11 is 0. The molecule has 164 valence electrons. The maximum Gasteiger partial charge on any atom is 0.187 e. The van der Waals surface area contributed by atoms with Crippen LogP contribution < -0.4 is 0 Å². The van der Waals surface area contributed by atoms with Gasteiger partial charge in [0.15, 0.2) is 11.6 Å². The number of aliphatic hydroxyl groups is 1. The van der Waals surface area contributed by atoms with Gasteiger partial charge in [0.05, 0.1) is 11.5 Å². The highest BCUT2D eigenvalue weighted by Gasteiger charge is 2.47. The van der Waals surface area contributed by atoms with Gasteiger partial charge in [0.25, 0.3) is 0 Å². The molecular weight excluding hydrogens is 397 g/mol. The number of Topliss-reactive ketones (excluding diaryl/α,β-unsaturated/α-hetero) is 1. The fourth-order valence-corrected chi connectivity index (χ4v) is 4.67. The zero-order chi connectivity index (χ0) is 22.3. The van der Waals surface area contributed by atoms with Crippen LogP contribution in [-0.4, -0.2) is 35.0 Å². The molecule has 2 aliphatic carbocycles. The summed E-state index contributed by atoms with van der Waals surface area (Å²) in [4.78, 5) is 12.4. The van der Waals surface area contributed by atoms with E-state index < -0.39 is 28.7 Å². The van der Waals surface area contributed by atoms with E-state index in [1.54, 1.807) is 26.0 Å². The topological polar surface area (TPSA) is 79.5 Å². The van der Waals surface area contributed by atoms with Crippen LogP contribution in [0.5, 0.6) is 0 Å². The maximum atomic E-state index is 14.6. The van der Waals surface area contributed by atoms with Crippen LogP contribution in [0.4, 0.5) is 4.39 Å². The minimum absolute atomic E-state index is 0.0564. The molecule has 2 unspecified atom stereocenters. The smallest absolute Gasteiger partial charge is 0.187 e. The van der Waals surface area contributed by atoms with Gasteiger partial charge in [0.1, 0.15) is 24.1 Å². The molecule has 4 rings (SSSR count). The Bertz CT molecular complexity index is 975. The largest absolute Gasteiger partial charge is 0.377 e. The Morgan fingerprint density at radius 1 is 1.29 bits per heavy atom. The average Bonchev–Trinajstić information content (AvgIpc) is 3.31. The van der Waals surface area contributed by atoms with Crippen molar-refractivity contribution in [2.24, 2.45) is 5.92 Å². The van der Waals surface area contributed by atoms with E-state index in [0.717, 1.165) is 25.7 Å². The summed E-state index contributed by atoms with van der Waals surface area (Å²) in [5, 5.41) is 20.9. The van der Waals surface area contributed by atoms with Crippen molar-refractivity contribution in [3.05, 3.63) is 35.1 Å². The summed E-state index contributed by atoms with van der Waals surface area (Å²) in [6.07, 6.45) is 4.26. The molecule has 0 aromatic heterocycles. The van der Waals surface area contributed by atoms with Gasteiger partial charge in [0, 0.05) is 17.5 Å². The molecule has 0 amide bonds. The van der Waals surface area contributed by atoms with Crippen molar-refractivity contribution < 1.29 is 23.8 Å². The molecule has 0 spiro atoms. The van der Waals surface area contributed by atoms with E-state index in [-0.39, 0.29) is 24.7 Å². The van der Waals surface area contributed by atoms with Crippen molar-refractivity contribution in [1.29, 1.82) is 5.26 Å². The van der Waals surface area contributed by atoms with E-state index in [1.165, 1.54) is 6.07 Å². The molecule has 1 aromatic rings. The Morgan fingerprint density at radius 3 is 2.61 bits per heavy atom. The van der Waals surface area contributed by atoms with Crippen molar-refractivity contribution in [3.63, 3.8) is 0 Å². The van der Waals surface area contributed by atoms with Crippen molar-refractivity contribution in [2.75, 3.05) is 6.61 Å². The molecule has 6 heteroatoms. The number of ether oxygens (including phenoxy) is 2. The molecule has 1 heterocycles. The lowest BCUT2D eigenvalue weighted by molar-refractivity contribution is -0.263. The number of carbonyl (C=O) groups excluding carboxylic acids is 1. The Kier molecular flexibility index (Phi) is 5.68. The lowest BCUT2D eigenvalue weighted by Crippen LogP contribution is -2.50. The minimum atomic E-state index is -1.41. The number of hydrogen-bond donors (Lipinski definition) is 1. The first kappa shape index (κ1) is 22.0. The first-order valence-electron chi connectivity index (χ1n) is 11.0. The summed E-state index contributed by atoms with van der Waals surface area (Å²) in [5.74, 6) is 4.26. The Balaban J connectivity index is 1.59. The number of carbonyl (C=O) groups is 1. The third-order valence-corrected chi connectivity index (χ3v) is 6.75. The number of ketones is 1. The highest BCUT2D eigenvalue weighted by molar-refractivity contribution is 5.85. The van der Waals surface area contributed by atoms with E-state index in [2.05, 4.69) is 17.9 Å². The summed E-state index contributed by atoms with van der Waals surface area (Å²) in [6.45, 7) is 3.43. The van der Waals surface area contributed by atoms with Gasteiger partial charge in [-0.2, -0.15) is 5.26 Å². The van der Waals surface area contributed by atoms with Crippen LogP contribution in [0.15, 0.2) is 18.2 Å². The molecule has 2 saturated carbocycles. The van der Waals surface area contributed by atoms with Crippen LogP contribution in [0, 0.1) is 34.9 Å². The van der Waals surface area contributed by atoms with Gasteiger partial charge in [-0.05, 0) is 57.6 Å². The summed E-state index contributed by atoms with van der Waals surface area (Å²) in [6, 6.07) is 6.85. The Hall–Kier alpha value is -2.25. The number of hydrogen-bond acceptors (Lipinski definition) is 5. The third-order valence-electron chi connectivity index (χ3n) is 6.75. The third kappa shape index (κ3) is 4.53. The van der Waals surface area contributed by atoms with Crippen LogP contribution in [0.3, 0.4) is 0 Å². The fraction of sp³-hybridized carbons (Fsp3) is 0.600. The van der Waals surface area contributed by atoms with Gasteiger partial charge < -0.3 is 14.6 Å². The van der Waals surface area contributed by atoms with Crippen LogP contribution in [0.25, 0.3) is 0 Å². The molecule has 5 nitrogen and oxygen atoms in total. The summed E-state index contributed by atoms with van der Waals surface area (Å²) in [7, 11) is 0. The maximum absolute atomic E-state index is 14.6. The van der Waals surface area contributed by atoms with Crippen LogP contribution in [0.1, 0.15) is 69.9 Å². The highest BCUT2D eigenvalue weighted by Crippen LogP contribution is 2.48. The quantitative estimate of drug-likeness (QED) is 0.743. The predicted octanol–water partition coefficient (Wildman–Crippen LogP) is 3.76. The van der Waals surface area contributed by atoms with E-state index in [4.69, 9.17) is 9.47 Å². The standard InChI is InChI=1S/C25H28FNO4/c1-23(2)30-15-21(28)22(31-23)14-25(29,18-5-3-4-6-18)10-9-17-7-8-19(20(26)13-17)24(16-27)11-12-24/h7-8,13,18,22,29H,3-6,11-12,14-15H2,1-2H3. The van der Waals surface area contributed by atoms with E-state index in [0.29, 0.717) is 24.0 Å². The molecular formula is C25H28FNO4. The van der Waals surface area contributed by atoms with Crippen molar-refractivity contribution in [3.8, 4) is 17.9 Å². The Morgan fingerprint density at radius 2 is 2.00 bits per heavy atom. The van der Waals surface area contributed by atoms with Crippen LogP contribution in [0.2, 0.25) is 0 Å². The molecule has 3 aliphatic rings. The zero-order valence-electron chi connectivity index (χ0n) is 18.0. The van der Waals surface area contributed by atoms with Gasteiger partial charge in [-0.25, -0.2) is 4.39 Å². The zero-order valence-corrected chi connectivity index (χ0v) is 18.0. The van der Waals surface area contributed by atoms with Gasteiger partial charge in [0.2, 0.25) is 0 Å². The number of rotatable bonds is 4. The fourth-order valence-electron chi connectivity index (χ4n) is 4.67. The first-order valence-corrected chi connectivity index (χ1v) is 11.0. The minimum Gasteiger partial charge on any atom is -0.377 e. The molecule has 1 saturated heterocycles. The SMILES string of the molecule is CC1(C)OCC(=O)C(CC(O)(C#Cc2ccc(C3(C#N)CC3)c(F)c2)C2CCCC2)O1. The average molecular weight is 426 g/mol. The molecule has 2 atom stereocenters. The molecule has 1 aromatic carbocycles. The van der Waals surface area contributed by atoms with E-state index in [1.807, 2.05) is 0 Å². The lowest BCUT2D eigenvalue weighted by Gasteiger charge is -2.39. The Labute approximate surface area is 182 Å². The van der Waals surface area contributed by atoms with Gasteiger partial charge >= 0.3 is 0 Å². The van der Waals surface area contributed by atoms with Crippen molar-refractivity contribution >= 4 is 5.78 Å². The number of benzene rings is 1. The number of nitriles is 1. The number of halogens is 1. The molecule has 31 heavy (non-hydrogen) atoms. The highest BCUT2D eigenvalue weighted by atomic mass is 19.1. The second kappa shape index (κ2) is 8.02. The second-order valence-electron chi connectivity index (χ2n) is 9.51. The van der Waals surface area contributed by atoms with Gasteiger partial charge in [-0.3, -0.25) is 4.79 Å². The molecule has 1 N–H and O–H groups in total. The summed E-state index contributed by atoms with van der Waals surface area (Å²) < 4.78 is 25.8. The summed E-state index contributed by atoms with van der Waals surface area (Å²) in [5.41, 5.74) is -1.26. The first-order chi connectivity index (χ1) is 14.7. The molecule has 0 radical (unpaired) electrons.